The Morgan fingerprint density at radius 1 is 1.43 bits per heavy atom. The van der Waals surface area contributed by atoms with Gasteiger partial charge in [-0.1, -0.05) is 17.7 Å². The highest BCUT2D eigenvalue weighted by atomic mass is 35.5. The Balaban J connectivity index is 2.37. The molecule has 0 aromatic carbocycles. The molecule has 0 bridgehead atoms. The minimum Gasteiger partial charge on any atom is -0.383 e. The van der Waals surface area contributed by atoms with Crippen LogP contribution in [0.2, 0.25) is 5.02 Å². The average Bonchev–Trinajstić information content (AvgIpc) is 2.70. The molecule has 2 rings (SSSR count). The fraction of sp³-hybridized carbons (Fsp3) is 0.100. The quantitative estimate of drug-likeness (QED) is 0.853. The van der Waals surface area contributed by atoms with Crippen molar-refractivity contribution in [2.45, 2.75) is 6.10 Å². The molecule has 2 aromatic rings. The number of halogens is 1. The third-order valence-electron chi connectivity index (χ3n) is 1.90. The van der Waals surface area contributed by atoms with Gasteiger partial charge < -0.3 is 5.11 Å². The summed E-state index contributed by atoms with van der Waals surface area (Å²) < 4.78 is 0. The normalized spacial score (nSPS) is 12.7. The molecule has 0 radical (unpaired) electrons. The zero-order valence-electron chi connectivity index (χ0n) is 7.22. The van der Waals surface area contributed by atoms with Gasteiger partial charge in [-0.05, 0) is 17.5 Å². The zero-order chi connectivity index (χ0) is 9.97. The second-order valence-electron chi connectivity index (χ2n) is 2.82. The first kappa shape index (κ1) is 9.65. The molecular weight excluding hydrogens is 218 g/mol. The van der Waals surface area contributed by atoms with Gasteiger partial charge >= 0.3 is 0 Å². The van der Waals surface area contributed by atoms with Crippen molar-refractivity contribution < 1.29 is 5.11 Å². The summed E-state index contributed by atoms with van der Waals surface area (Å²) in [7, 11) is 0. The highest BCUT2D eigenvalue weighted by Gasteiger charge is 2.14. The smallest absolute Gasteiger partial charge is 0.116 e. The van der Waals surface area contributed by atoms with Crippen LogP contribution in [0.25, 0.3) is 0 Å². The molecule has 4 heteroatoms. The second kappa shape index (κ2) is 4.09. The molecule has 1 unspecified atom stereocenters. The molecule has 14 heavy (non-hydrogen) atoms. The highest BCUT2D eigenvalue weighted by Crippen LogP contribution is 2.29. The molecule has 0 saturated heterocycles. The van der Waals surface area contributed by atoms with Crippen molar-refractivity contribution in [2.24, 2.45) is 0 Å². The van der Waals surface area contributed by atoms with Crippen molar-refractivity contribution in [1.82, 2.24) is 4.98 Å². The van der Waals surface area contributed by atoms with E-state index in [1.165, 1.54) is 11.3 Å². The molecule has 72 valence electrons. The number of hydrogen-bond donors (Lipinski definition) is 1. The summed E-state index contributed by atoms with van der Waals surface area (Å²) in [5.74, 6) is 0. The Morgan fingerprint density at radius 3 is 2.93 bits per heavy atom. The number of thiophene rings is 1. The van der Waals surface area contributed by atoms with E-state index in [0.29, 0.717) is 10.6 Å². The largest absolute Gasteiger partial charge is 0.383 e. The first-order valence-electron chi connectivity index (χ1n) is 4.10. The van der Waals surface area contributed by atoms with E-state index in [9.17, 15) is 5.11 Å². The van der Waals surface area contributed by atoms with E-state index in [1.54, 1.807) is 18.5 Å². The lowest BCUT2D eigenvalue weighted by Gasteiger charge is -2.09. The van der Waals surface area contributed by atoms with Gasteiger partial charge in [-0.2, -0.15) is 0 Å². The molecule has 0 fully saturated rings. The van der Waals surface area contributed by atoms with Gasteiger partial charge in [-0.15, -0.1) is 11.3 Å². The van der Waals surface area contributed by atoms with Crippen LogP contribution < -0.4 is 0 Å². The molecule has 0 aliphatic carbocycles. The number of pyridine rings is 1. The van der Waals surface area contributed by atoms with Crippen molar-refractivity contribution in [1.29, 1.82) is 0 Å². The maximum absolute atomic E-state index is 9.95. The van der Waals surface area contributed by atoms with Crippen LogP contribution in [0, 0.1) is 0 Å². The number of aromatic nitrogens is 1. The van der Waals surface area contributed by atoms with E-state index in [4.69, 9.17) is 11.6 Å². The maximum Gasteiger partial charge on any atom is 0.116 e. The molecule has 0 spiro atoms. The molecule has 2 heterocycles. The molecule has 0 saturated carbocycles. The van der Waals surface area contributed by atoms with E-state index in [-0.39, 0.29) is 0 Å². The van der Waals surface area contributed by atoms with Crippen LogP contribution in [0.5, 0.6) is 0 Å². The molecule has 1 N–H and O–H groups in total. The van der Waals surface area contributed by atoms with Gasteiger partial charge in [-0.25, -0.2) is 0 Å². The molecular formula is C10H8ClNOS. The molecule has 2 aromatic heterocycles. The molecule has 0 amide bonds. The van der Waals surface area contributed by atoms with Crippen molar-refractivity contribution in [3.05, 3.63) is 51.4 Å². The summed E-state index contributed by atoms with van der Waals surface area (Å²) in [5, 5.41) is 12.4. The van der Waals surface area contributed by atoms with Crippen molar-refractivity contribution in [3.8, 4) is 0 Å². The highest BCUT2D eigenvalue weighted by molar-refractivity contribution is 7.10. The van der Waals surface area contributed by atoms with Gasteiger partial charge in [0.2, 0.25) is 0 Å². The Bertz CT molecular complexity index is 416. The summed E-state index contributed by atoms with van der Waals surface area (Å²) in [6.45, 7) is 0. The lowest BCUT2D eigenvalue weighted by Crippen LogP contribution is -1.98. The van der Waals surface area contributed by atoms with Crippen LogP contribution >= 0.6 is 22.9 Å². The van der Waals surface area contributed by atoms with E-state index in [1.807, 2.05) is 17.5 Å². The average molecular weight is 226 g/mol. The fourth-order valence-electron chi connectivity index (χ4n) is 1.19. The Morgan fingerprint density at radius 2 is 2.29 bits per heavy atom. The number of aliphatic hydroxyl groups excluding tert-OH is 1. The minimum atomic E-state index is -0.670. The Hall–Kier alpha value is -0.900. The second-order valence-corrected chi connectivity index (χ2v) is 4.20. The van der Waals surface area contributed by atoms with Crippen LogP contribution in [-0.2, 0) is 0 Å². The summed E-state index contributed by atoms with van der Waals surface area (Å²) in [6, 6.07) is 5.44. The van der Waals surface area contributed by atoms with Gasteiger partial charge in [0, 0.05) is 27.9 Å². The molecule has 1 atom stereocenters. The fourth-order valence-corrected chi connectivity index (χ4v) is 2.13. The van der Waals surface area contributed by atoms with Gasteiger partial charge in [0.1, 0.15) is 6.10 Å². The predicted molar refractivity (Wildman–Crippen MR) is 57.6 cm³/mol. The van der Waals surface area contributed by atoms with Gasteiger partial charge in [0.25, 0.3) is 0 Å². The van der Waals surface area contributed by atoms with Crippen LogP contribution in [-0.4, -0.2) is 10.1 Å². The summed E-state index contributed by atoms with van der Waals surface area (Å²) in [6.07, 6.45) is 2.52. The van der Waals surface area contributed by atoms with E-state index in [2.05, 4.69) is 4.98 Å². The first-order chi connectivity index (χ1) is 6.79. The SMILES string of the molecule is OC(c1cccs1)c1cnccc1Cl. The van der Waals surface area contributed by atoms with E-state index >= 15 is 0 Å². The minimum absolute atomic E-state index is 0.543. The Labute approximate surface area is 90.8 Å². The number of hydrogen-bond acceptors (Lipinski definition) is 3. The third-order valence-corrected chi connectivity index (χ3v) is 3.17. The number of rotatable bonds is 2. The number of aliphatic hydroxyl groups is 1. The van der Waals surface area contributed by atoms with Gasteiger partial charge in [0.05, 0.1) is 0 Å². The van der Waals surface area contributed by atoms with Gasteiger partial charge in [-0.3, -0.25) is 4.98 Å². The van der Waals surface area contributed by atoms with Crippen LogP contribution in [0.1, 0.15) is 16.5 Å². The third kappa shape index (κ3) is 1.80. The van der Waals surface area contributed by atoms with Crippen LogP contribution in [0.3, 0.4) is 0 Å². The van der Waals surface area contributed by atoms with Crippen LogP contribution in [0.4, 0.5) is 0 Å². The standard InChI is InChI=1S/C10H8ClNOS/c11-8-3-4-12-6-7(8)10(13)9-2-1-5-14-9/h1-6,10,13H. The monoisotopic (exact) mass is 225 g/mol. The van der Waals surface area contributed by atoms with Crippen molar-refractivity contribution >= 4 is 22.9 Å². The number of nitrogens with zero attached hydrogens (tertiary/aromatic N) is 1. The predicted octanol–water partition coefficient (Wildman–Crippen LogP) is 2.88. The zero-order valence-corrected chi connectivity index (χ0v) is 8.79. The lowest BCUT2D eigenvalue weighted by molar-refractivity contribution is 0.224. The molecule has 0 aliphatic heterocycles. The summed E-state index contributed by atoms with van der Waals surface area (Å²) in [5.41, 5.74) is 0.650. The lowest BCUT2D eigenvalue weighted by atomic mass is 10.1. The molecule has 0 aliphatic rings. The van der Waals surface area contributed by atoms with E-state index < -0.39 is 6.10 Å². The van der Waals surface area contributed by atoms with Crippen LogP contribution in [0.15, 0.2) is 36.0 Å². The maximum atomic E-state index is 9.95. The van der Waals surface area contributed by atoms with E-state index in [0.717, 1.165) is 4.88 Å². The topological polar surface area (TPSA) is 33.1 Å². The van der Waals surface area contributed by atoms with Crippen molar-refractivity contribution in [2.75, 3.05) is 0 Å². The molecule has 2 nitrogen and oxygen atoms in total. The first-order valence-corrected chi connectivity index (χ1v) is 5.35. The summed E-state index contributed by atoms with van der Waals surface area (Å²) in [4.78, 5) is 4.81. The summed E-state index contributed by atoms with van der Waals surface area (Å²) >= 11 is 7.44. The van der Waals surface area contributed by atoms with Gasteiger partial charge in [0.15, 0.2) is 0 Å². The van der Waals surface area contributed by atoms with Crippen molar-refractivity contribution in [3.63, 3.8) is 0 Å². The Kier molecular flexibility index (Phi) is 2.82.